The second-order valence-electron chi connectivity index (χ2n) is 4.87. The lowest BCUT2D eigenvalue weighted by atomic mass is 10.2. The summed E-state index contributed by atoms with van der Waals surface area (Å²) in [4.78, 5) is 49.4. The topological polar surface area (TPSA) is 96.0 Å². The molecule has 1 aliphatic rings. The molecular weight excluding hydrogens is 278 g/mol. The van der Waals surface area contributed by atoms with Crippen LogP contribution in [0, 0.1) is 0 Å². The molecule has 3 amide bonds. The summed E-state index contributed by atoms with van der Waals surface area (Å²) in [5.74, 6) is -1.47. The summed E-state index contributed by atoms with van der Waals surface area (Å²) in [6.45, 7) is 3.56. The maximum Gasteiger partial charge on any atom is 0.330 e. The number of carbonyl (C=O) groups is 4. The molecule has 0 aromatic heterocycles. The number of rotatable bonds is 6. The Morgan fingerprint density at radius 3 is 2.33 bits per heavy atom. The second kappa shape index (κ2) is 7.61. The fraction of sp³-hybridized carbons (Fsp3) is 0.692. The molecule has 1 atom stereocenters. The number of amides is 3. The summed E-state index contributed by atoms with van der Waals surface area (Å²) < 4.78 is 4.59. The van der Waals surface area contributed by atoms with E-state index in [0.717, 1.165) is 6.42 Å². The second-order valence-corrected chi connectivity index (χ2v) is 4.87. The molecule has 118 valence electrons. The number of methoxy groups -OCH3 is 1. The van der Waals surface area contributed by atoms with Crippen LogP contribution in [0.1, 0.15) is 20.3 Å². The molecule has 0 saturated carbocycles. The lowest BCUT2D eigenvalue weighted by Crippen LogP contribution is -2.58. The van der Waals surface area contributed by atoms with Gasteiger partial charge in [0.05, 0.1) is 26.7 Å². The van der Waals surface area contributed by atoms with Gasteiger partial charge in [0.25, 0.3) is 0 Å². The number of nitrogens with zero attached hydrogens (tertiary/aromatic N) is 2. The first-order chi connectivity index (χ1) is 9.88. The van der Waals surface area contributed by atoms with E-state index in [0.29, 0.717) is 6.54 Å². The van der Waals surface area contributed by atoms with Crippen LogP contribution in [0.5, 0.6) is 0 Å². The lowest BCUT2D eigenvalue weighted by Gasteiger charge is -2.35. The predicted molar refractivity (Wildman–Crippen MR) is 73.1 cm³/mol. The van der Waals surface area contributed by atoms with E-state index in [-0.39, 0.29) is 31.4 Å². The van der Waals surface area contributed by atoms with Gasteiger partial charge in [0.2, 0.25) is 17.7 Å². The van der Waals surface area contributed by atoms with Gasteiger partial charge in [-0.15, -0.1) is 0 Å². The standard InChI is InChI=1S/C13H21N3O5/c1-4-5-15-7-12(19)16(8-11(15)18)6-10(13(20)21-3)14-9(2)17/h10H,4-8H2,1-3H3,(H,14,17). The number of hydrogen-bond acceptors (Lipinski definition) is 5. The maximum atomic E-state index is 12.0. The van der Waals surface area contributed by atoms with Gasteiger partial charge in [0.1, 0.15) is 6.04 Å². The van der Waals surface area contributed by atoms with Crippen LogP contribution >= 0.6 is 0 Å². The van der Waals surface area contributed by atoms with Crippen LogP contribution in [0.3, 0.4) is 0 Å². The zero-order chi connectivity index (χ0) is 16.0. The number of esters is 1. The first-order valence-electron chi connectivity index (χ1n) is 6.79. The highest BCUT2D eigenvalue weighted by molar-refractivity contribution is 5.93. The molecule has 0 aromatic carbocycles. The van der Waals surface area contributed by atoms with Crippen LogP contribution in [0.15, 0.2) is 0 Å². The van der Waals surface area contributed by atoms with Crippen molar-refractivity contribution in [2.45, 2.75) is 26.3 Å². The molecule has 1 unspecified atom stereocenters. The van der Waals surface area contributed by atoms with Crippen molar-refractivity contribution in [3.05, 3.63) is 0 Å². The van der Waals surface area contributed by atoms with Crippen LogP contribution in [0.25, 0.3) is 0 Å². The van der Waals surface area contributed by atoms with Gasteiger partial charge in [-0.05, 0) is 6.42 Å². The quantitative estimate of drug-likeness (QED) is 0.618. The largest absolute Gasteiger partial charge is 0.467 e. The summed E-state index contributed by atoms with van der Waals surface area (Å²) >= 11 is 0. The average Bonchev–Trinajstić information content (AvgIpc) is 2.42. The monoisotopic (exact) mass is 299 g/mol. The van der Waals surface area contributed by atoms with Crippen LogP contribution in [-0.2, 0) is 23.9 Å². The van der Waals surface area contributed by atoms with Gasteiger partial charge in [0, 0.05) is 13.5 Å². The molecule has 1 N–H and O–H groups in total. The molecule has 1 saturated heterocycles. The Hall–Kier alpha value is -2.12. The summed E-state index contributed by atoms with van der Waals surface area (Å²) in [5, 5.41) is 2.42. The van der Waals surface area contributed by atoms with Gasteiger partial charge >= 0.3 is 5.97 Å². The Kier molecular flexibility index (Phi) is 6.13. The molecule has 1 heterocycles. The minimum Gasteiger partial charge on any atom is -0.467 e. The normalized spacial score (nSPS) is 16.7. The smallest absolute Gasteiger partial charge is 0.330 e. The zero-order valence-corrected chi connectivity index (χ0v) is 12.5. The average molecular weight is 299 g/mol. The van der Waals surface area contributed by atoms with Gasteiger partial charge < -0.3 is 19.9 Å². The molecule has 0 radical (unpaired) electrons. The van der Waals surface area contributed by atoms with E-state index in [1.54, 1.807) is 0 Å². The summed E-state index contributed by atoms with van der Waals surface area (Å²) in [5.41, 5.74) is 0. The van der Waals surface area contributed by atoms with Gasteiger partial charge in [-0.3, -0.25) is 14.4 Å². The molecule has 0 bridgehead atoms. The van der Waals surface area contributed by atoms with E-state index >= 15 is 0 Å². The van der Waals surface area contributed by atoms with Crippen molar-refractivity contribution in [3.8, 4) is 0 Å². The van der Waals surface area contributed by atoms with Crippen molar-refractivity contribution >= 4 is 23.7 Å². The van der Waals surface area contributed by atoms with Gasteiger partial charge in [0.15, 0.2) is 0 Å². The third-order valence-corrected chi connectivity index (χ3v) is 3.12. The third-order valence-electron chi connectivity index (χ3n) is 3.12. The van der Waals surface area contributed by atoms with E-state index in [4.69, 9.17) is 0 Å². The maximum absolute atomic E-state index is 12.0. The van der Waals surface area contributed by atoms with E-state index in [2.05, 4.69) is 10.1 Å². The van der Waals surface area contributed by atoms with Crippen molar-refractivity contribution < 1.29 is 23.9 Å². The van der Waals surface area contributed by atoms with Gasteiger partial charge in [-0.1, -0.05) is 6.92 Å². The molecule has 1 aliphatic heterocycles. The SMILES string of the molecule is CCCN1CC(=O)N(CC(NC(C)=O)C(=O)OC)CC1=O. The van der Waals surface area contributed by atoms with Crippen LogP contribution < -0.4 is 5.32 Å². The Balaban J connectivity index is 2.71. The van der Waals surface area contributed by atoms with E-state index in [1.165, 1.54) is 23.8 Å². The molecular formula is C13H21N3O5. The van der Waals surface area contributed by atoms with Crippen molar-refractivity contribution in [3.63, 3.8) is 0 Å². The molecule has 21 heavy (non-hydrogen) atoms. The summed E-state index contributed by atoms with van der Waals surface area (Å²) in [6.07, 6.45) is 0.774. The van der Waals surface area contributed by atoms with Crippen LogP contribution in [-0.4, -0.2) is 72.8 Å². The zero-order valence-electron chi connectivity index (χ0n) is 12.5. The molecule has 0 aliphatic carbocycles. The Labute approximate surface area is 123 Å². The minimum atomic E-state index is -0.970. The van der Waals surface area contributed by atoms with Crippen LogP contribution in [0.4, 0.5) is 0 Å². The van der Waals surface area contributed by atoms with E-state index in [9.17, 15) is 19.2 Å². The molecule has 1 fully saturated rings. The van der Waals surface area contributed by atoms with E-state index < -0.39 is 17.9 Å². The van der Waals surface area contributed by atoms with Crippen molar-refractivity contribution in [1.29, 1.82) is 0 Å². The van der Waals surface area contributed by atoms with Gasteiger partial charge in [-0.25, -0.2) is 4.79 Å². The van der Waals surface area contributed by atoms with Crippen molar-refractivity contribution in [2.75, 3.05) is 33.3 Å². The van der Waals surface area contributed by atoms with Gasteiger partial charge in [-0.2, -0.15) is 0 Å². The van der Waals surface area contributed by atoms with Crippen molar-refractivity contribution in [2.24, 2.45) is 0 Å². The first-order valence-corrected chi connectivity index (χ1v) is 6.79. The molecule has 0 aromatic rings. The highest BCUT2D eigenvalue weighted by atomic mass is 16.5. The number of ether oxygens (including phenoxy) is 1. The van der Waals surface area contributed by atoms with Crippen LogP contribution in [0.2, 0.25) is 0 Å². The Bertz CT molecular complexity index is 438. The highest BCUT2D eigenvalue weighted by Crippen LogP contribution is 2.07. The fourth-order valence-corrected chi connectivity index (χ4v) is 2.13. The number of piperazine rings is 1. The molecule has 0 spiro atoms. The predicted octanol–water partition coefficient (Wildman–Crippen LogP) is -1.26. The lowest BCUT2D eigenvalue weighted by molar-refractivity contribution is -0.153. The van der Waals surface area contributed by atoms with E-state index in [1.807, 2.05) is 6.92 Å². The fourth-order valence-electron chi connectivity index (χ4n) is 2.13. The van der Waals surface area contributed by atoms with Crippen molar-refractivity contribution in [1.82, 2.24) is 15.1 Å². The molecule has 8 nitrogen and oxygen atoms in total. The number of nitrogens with one attached hydrogen (secondary N) is 1. The Morgan fingerprint density at radius 1 is 1.24 bits per heavy atom. The highest BCUT2D eigenvalue weighted by Gasteiger charge is 2.33. The Morgan fingerprint density at radius 2 is 1.81 bits per heavy atom. The molecule has 1 rings (SSSR count). The number of carbonyl (C=O) groups excluding carboxylic acids is 4. The summed E-state index contributed by atoms with van der Waals surface area (Å²) in [7, 11) is 1.20. The number of hydrogen-bond donors (Lipinski definition) is 1. The molecule has 8 heteroatoms. The summed E-state index contributed by atoms with van der Waals surface area (Å²) in [6, 6.07) is -0.970. The minimum absolute atomic E-state index is 0.000632. The first kappa shape index (κ1) is 16.9. The third kappa shape index (κ3) is 4.73.